The minimum atomic E-state index is 0.431. The number of alkyl halides is 1. The van der Waals surface area contributed by atoms with Crippen LogP contribution in [-0.4, -0.2) is 4.98 Å². The number of hydrogen-bond acceptors (Lipinski definition) is 2. The average molecular weight is 204 g/mol. The lowest BCUT2D eigenvalue weighted by molar-refractivity contribution is 0.454. The van der Waals surface area contributed by atoms with Crippen molar-refractivity contribution in [1.82, 2.24) is 4.98 Å². The van der Waals surface area contributed by atoms with Crippen LogP contribution < -0.4 is 0 Å². The molecule has 10 heavy (non-hydrogen) atoms. The molecule has 0 unspecified atom stereocenters. The normalized spacial score (nSPS) is 10.8. The first-order chi connectivity index (χ1) is 4.74. The molecule has 1 heterocycles. The molecule has 3 heteroatoms. The Labute approximate surface area is 68.8 Å². The van der Waals surface area contributed by atoms with Crippen molar-refractivity contribution in [2.45, 2.75) is 25.1 Å². The van der Waals surface area contributed by atoms with Crippen LogP contribution in [0.4, 0.5) is 0 Å². The minimum absolute atomic E-state index is 0.431. The first-order valence-corrected chi connectivity index (χ1v) is 4.36. The lowest BCUT2D eigenvalue weighted by Gasteiger charge is -1.95. The predicted octanol–water partition coefficient (Wildman–Crippen LogP) is 2.69. The summed E-state index contributed by atoms with van der Waals surface area (Å²) in [6, 6.07) is 0. The standard InChI is InChI=1S/C7H10BrNO/c1-5(2)6-4-9-7(3-8)10-6/h4-5H,3H2,1-2H3. The van der Waals surface area contributed by atoms with E-state index in [4.69, 9.17) is 4.42 Å². The van der Waals surface area contributed by atoms with Gasteiger partial charge in [-0.2, -0.15) is 0 Å². The largest absolute Gasteiger partial charge is 0.445 e. The van der Waals surface area contributed by atoms with Gasteiger partial charge in [-0.25, -0.2) is 4.98 Å². The maximum Gasteiger partial charge on any atom is 0.205 e. The third-order valence-electron chi connectivity index (χ3n) is 1.25. The summed E-state index contributed by atoms with van der Waals surface area (Å²) < 4.78 is 5.34. The monoisotopic (exact) mass is 203 g/mol. The number of nitrogens with zero attached hydrogens (tertiary/aromatic N) is 1. The molecule has 56 valence electrons. The van der Waals surface area contributed by atoms with Gasteiger partial charge in [0, 0.05) is 5.92 Å². The zero-order valence-electron chi connectivity index (χ0n) is 6.10. The maximum atomic E-state index is 5.34. The van der Waals surface area contributed by atoms with Crippen molar-refractivity contribution in [1.29, 1.82) is 0 Å². The van der Waals surface area contributed by atoms with E-state index in [-0.39, 0.29) is 0 Å². The van der Waals surface area contributed by atoms with E-state index in [2.05, 4.69) is 34.8 Å². The highest BCUT2D eigenvalue weighted by molar-refractivity contribution is 9.08. The van der Waals surface area contributed by atoms with Gasteiger partial charge in [-0.3, -0.25) is 0 Å². The van der Waals surface area contributed by atoms with Crippen molar-refractivity contribution >= 4 is 15.9 Å². The summed E-state index contributed by atoms with van der Waals surface area (Å²) in [5.41, 5.74) is 0. The van der Waals surface area contributed by atoms with Crippen molar-refractivity contribution < 1.29 is 4.42 Å². The van der Waals surface area contributed by atoms with Crippen LogP contribution in [0.25, 0.3) is 0 Å². The van der Waals surface area contributed by atoms with Crippen molar-refractivity contribution in [2.75, 3.05) is 0 Å². The molecule has 1 aromatic rings. The Kier molecular flexibility index (Phi) is 2.49. The molecule has 1 rings (SSSR count). The fourth-order valence-electron chi connectivity index (χ4n) is 0.653. The van der Waals surface area contributed by atoms with Gasteiger partial charge in [0.1, 0.15) is 5.76 Å². The molecular weight excluding hydrogens is 194 g/mol. The highest BCUT2D eigenvalue weighted by atomic mass is 79.9. The molecule has 0 saturated heterocycles. The van der Waals surface area contributed by atoms with Crippen molar-refractivity contribution in [3.05, 3.63) is 17.8 Å². The minimum Gasteiger partial charge on any atom is -0.445 e. The second-order valence-electron chi connectivity index (χ2n) is 2.44. The Balaban J connectivity index is 2.78. The van der Waals surface area contributed by atoms with Gasteiger partial charge in [-0.05, 0) is 0 Å². The molecule has 0 bridgehead atoms. The summed E-state index contributed by atoms with van der Waals surface area (Å²) in [5.74, 6) is 2.14. The average Bonchev–Trinajstić information content (AvgIpc) is 2.34. The molecule has 2 nitrogen and oxygen atoms in total. The van der Waals surface area contributed by atoms with E-state index in [9.17, 15) is 0 Å². The van der Waals surface area contributed by atoms with Gasteiger partial charge in [-0.1, -0.05) is 29.8 Å². The topological polar surface area (TPSA) is 26.0 Å². The molecule has 0 aromatic carbocycles. The van der Waals surface area contributed by atoms with Crippen LogP contribution in [0.1, 0.15) is 31.4 Å². The molecule has 0 N–H and O–H groups in total. The van der Waals surface area contributed by atoms with Gasteiger partial charge >= 0.3 is 0 Å². The highest BCUT2D eigenvalue weighted by Gasteiger charge is 2.04. The summed E-state index contributed by atoms with van der Waals surface area (Å²) in [6.45, 7) is 4.16. The fraction of sp³-hybridized carbons (Fsp3) is 0.571. The molecule has 0 aliphatic rings. The molecule has 0 atom stereocenters. The Morgan fingerprint density at radius 1 is 1.70 bits per heavy atom. The van der Waals surface area contributed by atoms with Gasteiger partial charge in [-0.15, -0.1) is 0 Å². The lowest BCUT2D eigenvalue weighted by atomic mass is 10.2. The Morgan fingerprint density at radius 3 is 2.70 bits per heavy atom. The predicted molar refractivity (Wildman–Crippen MR) is 43.2 cm³/mol. The molecule has 0 aliphatic heterocycles. The van der Waals surface area contributed by atoms with Gasteiger partial charge < -0.3 is 4.42 Å². The summed E-state index contributed by atoms with van der Waals surface area (Å²) in [7, 11) is 0. The second kappa shape index (κ2) is 3.19. The van der Waals surface area contributed by atoms with Crippen LogP contribution in [0.5, 0.6) is 0 Å². The van der Waals surface area contributed by atoms with Crippen LogP contribution in [0.3, 0.4) is 0 Å². The van der Waals surface area contributed by atoms with Gasteiger partial charge in [0.05, 0.1) is 11.5 Å². The number of aromatic nitrogens is 1. The quantitative estimate of drug-likeness (QED) is 0.692. The number of oxazole rings is 1. The molecule has 0 saturated carbocycles. The van der Waals surface area contributed by atoms with Gasteiger partial charge in [0.25, 0.3) is 0 Å². The van der Waals surface area contributed by atoms with Gasteiger partial charge in [0.15, 0.2) is 0 Å². The first kappa shape index (κ1) is 7.79. The summed E-state index contributed by atoms with van der Waals surface area (Å²) >= 11 is 3.26. The lowest BCUT2D eigenvalue weighted by Crippen LogP contribution is -1.80. The zero-order valence-corrected chi connectivity index (χ0v) is 7.68. The van der Waals surface area contributed by atoms with E-state index in [1.807, 2.05) is 0 Å². The number of hydrogen-bond donors (Lipinski definition) is 0. The second-order valence-corrected chi connectivity index (χ2v) is 3.01. The third-order valence-corrected chi connectivity index (χ3v) is 1.73. The molecule has 0 radical (unpaired) electrons. The SMILES string of the molecule is CC(C)c1cnc(CBr)o1. The van der Waals surface area contributed by atoms with Crippen LogP contribution in [-0.2, 0) is 5.33 Å². The molecule has 0 aliphatic carbocycles. The number of halogens is 1. The van der Waals surface area contributed by atoms with E-state index >= 15 is 0 Å². The maximum absolute atomic E-state index is 5.34. The molecular formula is C7H10BrNO. The van der Waals surface area contributed by atoms with Crippen LogP contribution >= 0.6 is 15.9 Å². The summed E-state index contributed by atoms with van der Waals surface area (Å²) in [4.78, 5) is 4.04. The van der Waals surface area contributed by atoms with Crippen LogP contribution in [0.15, 0.2) is 10.6 Å². The van der Waals surface area contributed by atoms with E-state index in [0.29, 0.717) is 11.2 Å². The van der Waals surface area contributed by atoms with Crippen molar-refractivity contribution in [2.24, 2.45) is 0 Å². The van der Waals surface area contributed by atoms with Gasteiger partial charge in [0.2, 0.25) is 5.89 Å². The number of rotatable bonds is 2. The van der Waals surface area contributed by atoms with Crippen molar-refractivity contribution in [3.63, 3.8) is 0 Å². The Hall–Kier alpha value is -0.310. The van der Waals surface area contributed by atoms with Crippen LogP contribution in [0.2, 0.25) is 0 Å². The fourth-order valence-corrected chi connectivity index (χ4v) is 0.912. The molecule has 0 fully saturated rings. The van der Waals surface area contributed by atoms with E-state index in [0.717, 1.165) is 11.7 Å². The molecule has 0 amide bonds. The Bertz CT molecular complexity index is 207. The van der Waals surface area contributed by atoms with Crippen molar-refractivity contribution in [3.8, 4) is 0 Å². The van der Waals surface area contributed by atoms with Crippen LogP contribution in [0, 0.1) is 0 Å². The zero-order chi connectivity index (χ0) is 7.56. The third kappa shape index (κ3) is 1.59. The van der Waals surface area contributed by atoms with E-state index < -0.39 is 0 Å². The van der Waals surface area contributed by atoms with E-state index in [1.165, 1.54) is 0 Å². The highest BCUT2D eigenvalue weighted by Crippen LogP contribution is 2.15. The summed E-state index contributed by atoms with van der Waals surface area (Å²) in [5, 5.41) is 0.694. The smallest absolute Gasteiger partial charge is 0.205 e. The first-order valence-electron chi connectivity index (χ1n) is 3.24. The molecule has 1 aromatic heterocycles. The van der Waals surface area contributed by atoms with E-state index in [1.54, 1.807) is 6.20 Å². The summed E-state index contributed by atoms with van der Waals surface area (Å²) in [6.07, 6.45) is 1.78. The molecule has 0 spiro atoms. The Morgan fingerprint density at radius 2 is 2.40 bits per heavy atom.